The Morgan fingerprint density at radius 1 is 1.00 bits per heavy atom. The Morgan fingerprint density at radius 3 is 2.15 bits per heavy atom. The lowest BCUT2D eigenvalue weighted by Gasteiger charge is -2.24. The Labute approximate surface area is 126 Å². The zero-order valence-electron chi connectivity index (χ0n) is 12.7. The molecule has 20 heavy (non-hydrogen) atoms. The molecule has 0 unspecified atom stereocenters. The maximum absolute atomic E-state index is 5.96. The summed E-state index contributed by atoms with van der Waals surface area (Å²) in [4.78, 5) is 0. The van der Waals surface area contributed by atoms with E-state index in [1.54, 1.807) is 0 Å². The molecule has 0 atom stereocenters. The molecule has 0 aliphatic carbocycles. The molecule has 0 amide bonds. The third-order valence-electron chi connectivity index (χ3n) is 3.35. The quantitative estimate of drug-likeness (QED) is 0.801. The summed E-state index contributed by atoms with van der Waals surface area (Å²) < 4.78 is 2.16. The van der Waals surface area contributed by atoms with E-state index < -0.39 is 0 Å². The molecule has 0 N–H and O–H groups in total. The largest absolute Gasteiger partial charge is 0.309 e. The van der Waals surface area contributed by atoms with Gasteiger partial charge in [-0.05, 0) is 39.7 Å². The average molecular weight is 292 g/mol. The molecular weight excluding hydrogens is 270 g/mol. The molecule has 2 rings (SSSR count). The molecule has 0 aliphatic rings. The van der Waals surface area contributed by atoms with Crippen molar-refractivity contribution in [2.75, 3.05) is 0 Å². The maximum atomic E-state index is 5.96. The Balaban J connectivity index is 2.17. The lowest BCUT2D eigenvalue weighted by Crippen LogP contribution is -2.26. The molecule has 0 fully saturated rings. The topological polar surface area (TPSA) is 30.7 Å². The van der Waals surface area contributed by atoms with Gasteiger partial charge in [-0.25, -0.2) is 0 Å². The molecule has 2 aromatic rings. The number of hydrogen-bond donors (Lipinski definition) is 0. The standard InChI is InChI=1S/C16H22ClN3/c1-12-5-7-13(8-6-12)9-10-14-18-19-15(11-17)20(14)16(2,3)4/h5-8H,9-11H2,1-4H3. The van der Waals surface area contributed by atoms with Gasteiger partial charge in [-0.3, -0.25) is 0 Å². The molecule has 1 heterocycles. The minimum absolute atomic E-state index is 0.0453. The normalized spacial score (nSPS) is 11.8. The second-order valence-corrected chi connectivity index (χ2v) is 6.43. The SMILES string of the molecule is Cc1ccc(CCc2nnc(CCl)n2C(C)(C)C)cc1. The number of halogens is 1. The summed E-state index contributed by atoms with van der Waals surface area (Å²) in [6.07, 6.45) is 1.85. The molecule has 1 aromatic carbocycles. The van der Waals surface area contributed by atoms with Gasteiger partial charge in [-0.1, -0.05) is 29.8 Å². The van der Waals surface area contributed by atoms with Crippen LogP contribution in [0, 0.1) is 6.92 Å². The fraction of sp³-hybridized carbons (Fsp3) is 0.500. The van der Waals surface area contributed by atoms with Crippen molar-refractivity contribution in [2.45, 2.75) is 52.0 Å². The Kier molecular flexibility index (Phi) is 4.48. The van der Waals surface area contributed by atoms with Crippen LogP contribution in [0.4, 0.5) is 0 Å². The van der Waals surface area contributed by atoms with E-state index in [4.69, 9.17) is 11.6 Å². The first-order valence-electron chi connectivity index (χ1n) is 6.97. The van der Waals surface area contributed by atoms with Gasteiger partial charge in [-0.15, -0.1) is 21.8 Å². The van der Waals surface area contributed by atoms with Crippen LogP contribution < -0.4 is 0 Å². The van der Waals surface area contributed by atoms with Crippen LogP contribution in [-0.4, -0.2) is 14.8 Å². The highest BCUT2D eigenvalue weighted by Crippen LogP contribution is 2.20. The van der Waals surface area contributed by atoms with Crippen LogP contribution in [0.1, 0.15) is 43.5 Å². The number of nitrogens with zero attached hydrogens (tertiary/aromatic N) is 3. The predicted molar refractivity (Wildman–Crippen MR) is 83.2 cm³/mol. The van der Waals surface area contributed by atoms with Crippen molar-refractivity contribution >= 4 is 11.6 Å². The average Bonchev–Trinajstić information content (AvgIpc) is 2.81. The number of alkyl halides is 1. The van der Waals surface area contributed by atoms with Gasteiger partial charge in [0.05, 0.1) is 5.88 Å². The first-order chi connectivity index (χ1) is 9.41. The van der Waals surface area contributed by atoms with Crippen LogP contribution in [0.25, 0.3) is 0 Å². The van der Waals surface area contributed by atoms with Crippen LogP contribution in [0.2, 0.25) is 0 Å². The Bertz CT molecular complexity index is 564. The molecule has 0 saturated heterocycles. The van der Waals surface area contributed by atoms with Crippen LogP contribution in [0.5, 0.6) is 0 Å². The number of benzene rings is 1. The molecule has 0 saturated carbocycles. The van der Waals surface area contributed by atoms with E-state index in [0.717, 1.165) is 24.5 Å². The Hall–Kier alpha value is -1.35. The molecule has 0 bridgehead atoms. The lowest BCUT2D eigenvalue weighted by molar-refractivity contribution is 0.372. The predicted octanol–water partition coefficient (Wildman–Crippen LogP) is 3.87. The third-order valence-corrected chi connectivity index (χ3v) is 3.58. The summed E-state index contributed by atoms with van der Waals surface area (Å²) in [5.74, 6) is 2.25. The van der Waals surface area contributed by atoms with Crippen LogP contribution in [0.15, 0.2) is 24.3 Å². The minimum atomic E-state index is -0.0453. The van der Waals surface area contributed by atoms with E-state index in [1.807, 2.05) is 0 Å². The highest BCUT2D eigenvalue weighted by Gasteiger charge is 2.22. The second kappa shape index (κ2) is 5.96. The van der Waals surface area contributed by atoms with Gasteiger partial charge in [0.15, 0.2) is 0 Å². The molecule has 3 nitrogen and oxygen atoms in total. The Morgan fingerprint density at radius 2 is 1.60 bits per heavy atom. The second-order valence-electron chi connectivity index (χ2n) is 6.16. The van der Waals surface area contributed by atoms with Gasteiger partial charge in [-0.2, -0.15) is 0 Å². The van der Waals surface area contributed by atoms with Crippen molar-refractivity contribution in [2.24, 2.45) is 0 Å². The van der Waals surface area contributed by atoms with Gasteiger partial charge in [0, 0.05) is 12.0 Å². The number of hydrogen-bond acceptors (Lipinski definition) is 2. The van der Waals surface area contributed by atoms with Gasteiger partial charge in [0.1, 0.15) is 11.6 Å². The van der Waals surface area contributed by atoms with Crippen molar-refractivity contribution in [3.05, 3.63) is 47.0 Å². The summed E-state index contributed by atoms with van der Waals surface area (Å²) in [5, 5.41) is 8.52. The number of rotatable bonds is 4. The summed E-state index contributed by atoms with van der Waals surface area (Å²) in [6, 6.07) is 8.65. The highest BCUT2D eigenvalue weighted by atomic mass is 35.5. The van der Waals surface area contributed by atoms with E-state index in [0.29, 0.717) is 5.88 Å². The third kappa shape index (κ3) is 3.40. The zero-order chi connectivity index (χ0) is 14.8. The van der Waals surface area contributed by atoms with Crippen molar-refractivity contribution in [1.82, 2.24) is 14.8 Å². The van der Waals surface area contributed by atoms with E-state index in [2.05, 4.69) is 66.7 Å². The fourth-order valence-electron chi connectivity index (χ4n) is 2.39. The first-order valence-corrected chi connectivity index (χ1v) is 7.50. The molecule has 108 valence electrons. The summed E-state index contributed by atoms with van der Waals surface area (Å²) in [6.45, 7) is 8.57. The van der Waals surface area contributed by atoms with Crippen molar-refractivity contribution in [3.8, 4) is 0 Å². The first kappa shape index (κ1) is 15.0. The molecule has 0 radical (unpaired) electrons. The van der Waals surface area contributed by atoms with E-state index in [-0.39, 0.29) is 5.54 Å². The summed E-state index contributed by atoms with van der Waals surface area (Å²) in [7, 11) is 0. The van der Waals surface area contributed by atoms with Crippen molar-refractivity contribution < 1.29 is 0 Å². The molecule has 1 aromatic heterocycles. The highest BCUT2D eigenvalue weighted by molar-refractivity contribution is 6.16. The number of aryl methyl sites for hydroxylation is 3. The lowest BCUT2D eigenvalue weighted by atomic mass is 10.1. The number of aromatic nitrogens is 3. The van der Waals surface area contributed by atoms with Gasteiger partial charge in [0.25, 0.3) is 0 Å². The summed E-state index contributed by atoms with van der Waals surface area (Å²) in [5.41, 5.74) is 2.57. The van der Waals surface area contributed by atoms with E-state index in [9.17, 15) is 0 Å². The minimum Gasteiger partial charge on any atom is -0.309 e. The van der Waals surface area contributed by atoms with Crippen LogP contribution in [0.3, 0.4) is 0 Å². The van der Waals surface area contributed by atoms with Crippen LogP contribution in [-0.2, 0) is 24.3 Å². The molecule has 0 spiro atoms. The fourth-order valence-corrected chi connectivity index (χ4v) is 2.56. The molecule has 4 heteroatoms. The van der Waals surface area contributed by atoms with Gasteiger partial charge >= 0.3 is 0 Å². The monoisotopic (exact) mass is 291 g/mol. The van der Waals surface area contributed by atoms with Gasteiger partial charge < -0.3 is 4.57 Å². The maximum Gasteiger partial charge on any atom is 0.148 e. The molecular formula is C16H22ClN3. The van der Waals surface area contributed by atoms with Crippen molar-refractivity contribution in [3.63, 3.8) is 0 Å². The molecule has 0 aliphatic heterocycles. The van der Waals surface area contributed by atoms with E-state index >= 15 is 0 Å². The van der Waals surface area contributed by atoms with Crippen LogP contribution >= 0.6 is 11.6 Å². The van der Waals surface area contributed by atoms with E-state index in [1.165, 1.54) is 11.1 Å². The zero-order valence-corrected chi connectivity index (χ0v) is 13.4. The van der Waals surface area contributed by atoms with Gasteiger partial charge in [0.2, 0.25) is 0 Å². The summed E-state index contributed by atoms with van der Waals surface area (Å²) >= 11 is 5.96. The smallest absolute Gasteiger partial charge is 0.148 e. The van der Waals surface area contributed by atoms with Crippen molar-refractivity contribution in [1.29, 1.82) is 0 Å².